The summed E-state index contributed by atoms with van der Waals surface area (Å²) in [5.41, 5.74) is 3.95. The molecule has 0 unspecified atom stereocenters. The van der Waals surface area contributed by atoms with Crippen LogP contribution in [-0.2, 0) is 13.1 Å². The summed E-state index contributed by atoms with van der Waals surface area (Å²) in [5, 5.41) is 19.3. The Hall–Kier alpha value is -1.36. The second-order valence-electron chi connectivity index (χ2n) is 6.93. The average molecular weight is 348 g/mol. The Balaban J connectivity index is 1.66. The first-order valence-electron chi connectivity index (χ1n) is 8.68. The number of aryl methyl sites for hydroxylation is 1. The highest BCUT2D eigenvalue weighted by Crippen LogP contribution is 2.28. The zero-order valence-electron chi connectivity index (χ0n) is 14.5. The predicted octanol–water partition coefficient (Wildman–Crippen LogP) is 3.60. The molecule has 5 heteroatoms. The number of nitrogens with zero attached hydrogens (tertiary/aromatic N) is 2. The maximum absolute atomic E-state index is 10.4. The van der Waals surface area contributed by atoms with E-state index in [-0.39, 0.29) is 0 Å². The van der Waals surface area contributed by atoms with Gasteiger partial charge in [0, 0.05) is 29.4 Å². The molecule has 130 valence electrons. The van der Waals surface area contributed by atoms with Crippen molar-refractivity contribution in [1.29, 1.82) is 0 Å². The molecule has 1 saturated carbocycles. The van der Waals surface area contributed by atoms with Gasteiger partial charge in [-0.3, -0.25) is 4.68 Å². The van der Waals surface area contributed by atoms with Crippen molar-refractivity contribution in [2.24, 2.45) is 0 Å². The fraction of sp³-hybridized carbons (Fsp3) is 0.526. The monoisotopic (exact) mass is 347 g/mol. The molecule has 2 aromatic rings. The Labute approximate surface area is 148 Å². The van der Waals surface area contributed by atoms with Gasteiger partial charge in [-0.1, -0.05) is 42.6 Å². The molecular weight excluding hydrogens is 322 g/mol. The fourth-order valence-electron chi connectivity index (χ4n) is 3.56. The Morgan fingerprint density at radius 2 is 1.96 bits per heavy atom. The van der Waals surface area contributed by atoms with Crippen molar-refractivity contribution in [2.75, 3.05) is 6.54 Å². The average Bonchev–Trinajstić information content (AvgIpc) is 3.09. The van der Waals surface area contributed by atoms with E-state index in [4.69, 9.17) is 11.6 Å². The van der Waals surface area contributed by atoms with Gasteiger partial charge in [-0.2, -0.15) is 5.10 Å². The standard InChI is InChI=1S/C19H26ClN3O/c1-14-17(11-21-13-19(24)9-5-6-10-19)15(2)23(22-14)12-16-7-3-4-8-18(16)20/h3-4,7-8,21,24H,5-6,9-13H2,1-2H3. The molecule has 1 aromatic heterocycles. The maximum atomic E-state index is 10.4. The summed E-state index contributed by atoms with van der Waals surface area (Å²) < 4.78 is 2.01. The molecule has 0 bridgehead atoms. The molecule has 1 aromatic carbocycles. The lowest BCUT2D eigenvalue weighted by molar-refractivity contribution is 0.0474. The summed E-state index contributed by atoms with van der Waals surface area (Å²) in [6, 6.07) is 7.88. The summed E-state index contributed by atoms with van der Waals surface area (Å²) in [5.74, 6) is 0. The molecule has 0 aliphatic heterocycles. The van der Waals surface area contributed by atoms with Crippen LogP contribution in [0.2, 0.25) is 5.02 Å². The topological polar surface area (TPSA) is 50.1 Å². The Morgan fingerprint density at radius 1 is 1.25 bits per heavy atom. The number of halogens is 1. The van der Waals surface area contributed by atoms with Gasteiger partial charge < -0.3 is 10.4 Å². The molecule has 1 aliphatic carbocycles. The van der Waals surface area contributed by atoms with Crippen molar-refractivity contribution < 1.29 is 5.11 Å². The lowest BCUT2D eigenvalue weighted by atomic mass is 10.0. The Bertz CT molecular complexity index is 705. The lowest BCUT2D eigenvalue weighted by Gasteiger charge is -2.22. The van der Waals surface area contributed by atoms with E-state index < -0.39 is 5.60 Å². The molecule has 1 aliphatic rings. The fourth-order valence-corrected chi connectivity index (χ4v) is 3.76. The minimum atomic E-state index is -0.518. The largest absolute Gasteiger partial charge is 0.389 e. The SMILES string of the molecule is Cc1nn(Cc2ccccc2Cl)c(C)c1CNCC1(O)CCCC1. The lowest BCUT2D eigenvalue weighted by Crippen LogP contribution is -2.37. The second-order valence-corrected chi connectivity index (χ2v) is 7.34. The number of aromatic nitrogens is 2. The van der Waals surface area contributed by atoms with Gasteiger partial charge in [0.05, 0.1) is 17.8 Å². The minimum Gasteiger partial charge on any atom is -0.389 e. The summed E-state index contributed by atoms with van der Waals surface area (Å²) in [6.45, 7) is 6.20. The van der Waals surface area contributed by atoms with E-state index in [0.717, 1.165) is 54.2 Å². The normalized spacial score (nSPS) is 16.7. The molecule has 4 nitrogen and oxygen atoms in total. The van der Waals surface area contributed by atoms with E-state index in [2.05, 4.69) is 17.3 Å². The number of benzene rings is 1. The van der Waals surface area contributed by atoms with Gasteiger partial charge in [-0.25, -0.2) is 0 Å². The van der Waals surface area contributed by atoms with Crippen LogP contribution in [-0.4, -0.2) is 27.0 Å². The van der Waals surface area contributed by atoms with Crippen molar-refractivity contribution in [3.05, 3.63) is 51.8 Å². The third kappa shape index (κ3) is 3.82. The molecular formula is C19H26ClN3O. The molecule has 1 heterocycles. The molecule has 2 N–H and O–H groups in total. The number of hydrogen-bond donors (Lipinski definition) is 2. The maximum Gasteiger partial charge on any atom is 0.0771 e. The van der Waals surface area contributed by atoms with Crippen molar-refractivity contribution >= 4 is 11.6 Å². The molecule has 0 spiro atoms. The smallest absolute Gasteiger partial charge is 0.0771 e. The molecule has 0 atom stereocenters. The van der Waals surface area contributed by atoms with Crippen LogP contribution in [0.25, 0.3) is 0 Å². The highest BCUT2D eigenvalue weighted by Gasteiger charge is 2.30. The summed E-state index contributed by atoms with van der Waals surface area (Å²) in [6.07, 6.45) is 4.07. The van der Waals surface area contributed by atoms with Gasteiger partial charge in [-0.05, 0) is 38.3 Å². The van der Waals surface area contributed by atoms with E-state index in [1.807, 2.05) is 35.9 Å². The van der Waals surface area contributed by atoms with Gasteiger partial charge in [-0.15, -0.1) is 0 Å². The summed E-state index contributed by atoms with van der Waals surface area (Å²) in [7, 11) is 0. The third-order valence-corrected chi connectivity index (χ3v) is 5.47. The van der Waals surface area contributed by atoms with E-state index in [0.29, 0.717) is 13.1 Å². The second kappa shape index (κ2) is 7.26. The van der Waals surface area contributed by atoms with Gasteiger partial charge in [0.25, 0.3) is 0 Å². The van der Waals surface area contributed by atoms with E-state index >= 15 is 0 Å². The molecule has 24 heavy (non-hydrogen) atoms. The highest BCUT2D eigenvalue weighted by atomic mass is 35.5. The predicted molar refractivity (Wildman–Crippen MR) is 97.4 cm³/mol. The van der Waals surface area contributed by atoms with Crippen LogP contribution in [0, 0.1) is 13.8 Å². The quantitative estimate of drug-likeness (QED) is 0.839. The first-order chi connectivity index (χ1) is 11.5. The van der Waals surface area contributed by atoms with E-state index in [9.17, 15) is 5.11 Å². The third-order valence-electron chi connectivity index (χ3n) is 5.10. The first-order valence-corrected chi connectivity index (χ1v) is 9.06. The van der Waals surface area contributed by atoms with Crippen LogP contribution in [0.15, 0.2) is 24.3 Å². The Kier molecular flexibility index (Phi) is 5.28. The molecule has 0 amide bonds. The Morgan fingerprint density at radius 3 is 2.67 bits per heavy atom. The van der Waals surface area contributed by atoms with Gasteiger partial charge in [0.2, 0.25) is 0 Å². The van der Waals surface area contributed by atoms with Crippen molar-refractivity contribution in [3.8, 4) is 0 Å². The van der Waals surface area contributed by atoms with Crippen LogP contribution in [0.1, 0.15) is 48.2 Å². The summed E-state index contributed by atoms with van der Waals surface area (Å²) >= 11 is 6.26. The minimum absolute atomic E-state index is 0.518. The van der Waals surface area contributed by atoms with Crippen LogP contribution in [0.4, 0.5) is 0 Å². The van der Waals surface area contributed by atoms with Gasteiger partial charge >= 0.3 is 0 Å². The highest BCUT2D eigenvalue weighted by molar-refractivity contribution is 6.31. The first kappa shape index (κ1) is 17.5. The molecule has 0 saturated heterocycles. The zero-order valence-corrected chi connectivity index (χ0v) is 15.2. The van der Waals surface area contributed by atoms with Crippen molar-refractivity contribution in [2.45, 2.75) is 58.2 Å². The van der Waals surface area contributed by atoms with Crippen LogP contribution in [0.3, 0.4) is 0 Å². The number of aliphatic hydroxyl groups is 1. The molecule has 3 rings (SSSR count). The van der Waals surface area contributed by atoms with E-state index in [1.165, 1.54) is 5.56 Å². The molecule has 1 fully saturated rings. The van der Waals surface area contributed by atoms with Crippen molar-refractivity contribution in [1.82, 2.24) is 15.1 Å². The zero-order chi connectivity index (χ0) is 17.2. The van der Waals surface area contributed by atoms with Gasteiger partial charge in [0.15, 0.2) is 0 Å². The van der Waals surface area contributed by atoms with E-state index in [1.54, 1.807) is 0 Å². The van der Waals surface area contributed by atoms with Crippen LogP contribution in [0.5, 0.6) is 0 Å². The van der Waals surface area contributed by atoms with Gasteiger partial charge in [0.1, 0.15) is 0 Å². The summed E-state index contributed by atoms with van der Waals surface area (Å²) in [4.78, 5) is 0. The van der Waals surface area contributed by atoms with Crippen LogP contribution < -0.4 is 5.32 Å². The number of hydrogen-bond acceptors (Lipinski definition) is 3. The van der Waals surface area contributed by atoms with Crippen LogP contribution >= 0.6 is 11.6 Å². The molecule has 0 radical (unpaired) electrons. The van der Waals surface area contributed by atoms with Crippen molar-refractivity contribution in [3.63, 3.8) is 0 Å². The number of nitrogens with one attached hydrogen (secondary N) is 1. The number of rotatable bonds is 6.